The number of β-lactam (4-membered cyclic amide) rings is 1. The highest BCUT2D eigenvalue weighted by Crippen LogP contribution is 2.50. The molecule has 2 N–H and O–H groups in total. The number of nitrogens with one attached hydrogen (secondary N) is 1. The van der Waals surface area contributed by atoms with Gasteiger partial charge in [0.2, 0.25) is 11.8 Å². The average Bonchev–Trinajstić information content (AvgIpc) is 2.99. The van der Waals surface area contributed by atoms with Crippen LogP contribution in [0.15, 0.2) is 60.7 Å². The number of hydrogen-bond donors (Lipinski definition) is 2. The Morgan fingerprint density at radius 3 is 2.30 bits per heavy atom. The van der Waals surface area contributed by atoms with Crippen molar-refractivity contribution in [3.05, 3.63) is 71.8 Å². The summed E-state index contributed by atoms with van der Waals surface area (Å²) in [5, 5.41) is 12.1. The van der Waals surface area contributed by atoms with Crippen LogP contribution in [0.3, 0.4) is 0 Å². The first kappa shape index (κ1) is 20.5. The highest BCUT2D eigenvalue weighted by molar-refractivity contribution is 8.01. The summed E-state index contributed by atoms with van der Waals surface area (Å²) in [6.45, 7) is 3.65. The van der Waals surface area contributed by atoms with E-state index in [2.05, 4.69) is 5.32 Å². The maximum absolute atomic E-state index is 13.3. The molecule has 2 saturated heterocycles. The Morgan fingerprint density at radius 1 is 1.10 bits per heavy atom. The molecule has 4 atom stereocenters. The molecule has 6 nitrogen and oxygen atoms in total. The number of aliphatic carboxylic acids is 1. The van der Waals surface area contributed by atoms with Gasteiger partial charge in [-0.1, -0.05) is 60.7 Å². The number of thioether (sulfide) groups is 1. The molecular weight excluding hydrogens is 400 g/mol. The number of nitrogens with zero attached hydrogens (tertiary/aromatic N) is 1. The second-order valence-electron chi connectivity index (χ2n) is 8.24. The van der Waals surface area contributed by atoms with Crippen LogP contribution >= 0.6 is 11.8 Å². The summed E-state index contributed by atoms with van der Waals surface area (Å²) in [6.07, 6.45) is 0.516. The molecular formula is C23H24N2O4S. The average molecular weight is 425 g/mol. The van der Waals surface area contributed by atoms with Crippen LogP contribution in [0, 0.1) is 0 Å². The molecule has 0 spiro atoms. The summed E-state index contributed by atoms with van der Waals surface area (Å²) < 4.78 is -0.617. The van der Waals surface area contributed by atoms with Crippen molar-refractivity contribution in [1.82, 2.24) is 10.2 Å². The van der Waals surface area contributed by atoms with E-state index in [4.69, 9.17) is 0 Å². The summed E-state index contributed by atoms with van der Waals surface area (Å²) >= 11 is 1.43. The zero-order valence-electron chi connectivity index (χ0n) is 16.8. The maximum atomic E-state index is 13.3. The highest BCUT2D eigenvalue weighted by atomic mass is 32.2. The summed E-state index contributed by atoms with van der Waals surface area (Å²) in [5.41, 5.74) is 1.91. The summed E-state index contributed by atoms with van der Waals surface area (Å²) in [6, 6.07) is 17.7. The van der Waals surface area contributed by atoms with E-state index in [1.807, 2.05) is 74.5 Å². The van der Waals surface area contributed by atoms with Crippen molar-refractivity contribution in [2.75, 3.05) is 0 Å². The fourth-order valence-electron chi connectivity index (χ4n) is 4.30. The van der Waals surface area contributed by atoms with Gasteiger partial charge in [0.05, 0.1) is 5.92 Å². The van der Waals surface area contributed by atoms with E-state index in [9.17, 15) is 19.5 Å². The molecule has 4 rings (SSSR count). The molecule has 156 valence electrons. The molecule has 1 unspecified atom stereocenters. The quantitative estimate of drug-likeness (QED) is 0.697. The van der Waals surface area contributed by atoms with Crippen LogP contribution in [-0.2, 0) is 20.8 Å². The smallest absolute Gasteiger partial charge is 0.327 e. The molecule has 0 aromatic heterocycles. The van der Waals surface area contributed by atoms with Gasteiger partial charge in [0, 0.05) is 4.75 Å². The van der Waals surface area contributed by atoms with E-state index in [0.717, 1.165) is 11.1 Å². The fourth-order valence-corrected chi connectivity index (χ4v) is 5.92. The zero-order valence-corrected chi connectivity index (χ0v) is 17.6. The topological polar surface area (TPSA) is 86.7 Å². The van der Waals surface area contributed by atoms with Gasteiger partial charge in [-0.2, -0.15) is 0 Å². The van der Waals surface area contributed by atoms with Gasteiger partial charge < -0.3 is 15.3 Å². The molecule has 2 fully saturated rings. The van der Waals surface area contributed by atoms with Gasteiger partial charge in [0.15, 0.2) is 0 Å². The van der Waals surface area contributed by atoms with Crippen molar-refractivity contribution in [2.45, 2.75) is 48.4 Å². The van der Waals surface area contributed by atoms with Crippen LogP contribution in [0.1, 0.15) is 30.9 Å². The highest BCUT2D eigenvalue weighted by Gasteiger charge is 2.64. The molecule has 7 heteroatoms. The van der Waals surface area contributed by atoms with E-state index in [0.29, 0.717) is 6.42 Å². The Kier molecular flexibility index (Phi) is 5.32. The number of benzene rings is 2. The Hall–Kier alpha value is -2.80. The van der Waals surface area contributed by atoms with Crippen molar-refractivity contribution in [1.29, 1.82) is 0 Å². The summed E-state index contributed by atoms with van der Waals surface area (Å²) in [4.78, 5) is 39.1. The minimum absolute atomic E-state index is 0.222. The Balaban J connectivity index is 1.54. The summed E-state index contributed by atoms with van der Waals surface area (Å²) in [7, 11) is 0. The van der Waals surface area contributed by atoms with Crippen molar-refractivity contribution in [2.24, 2.45) is 0 Å². The number of amides is 2. The first-order valence-corrected chi connectivity index (χ1v) is 10.8. The molecule has 2 aromatic carbocycles. The number of carboxylic acids is 1. The van der Waals surface area contributed by atoms with Crippen LogP contribution in [0.25, 0.3) is 0 Å². The van der Waals surface area contributed by atoms with Gasteiger partial charge in [-0.15, -0.1) is 11.8 Å². The largest absolute Gasteiger partial charge is 0.480 e. The van der Waals surface area contributed by atoms with Gasteiger partial charge in [-0.25, -0.2) is 4.79 Å². The van der Waals surface area contributed by atoms with Crippen LogP contribution in [0.4, 0.5) is 0 Å². The van der Waals surface area contributed by atoms with Crippen LogP contribution in [-0.4, -0.2) is 50.0 Å². The molecule has 0 bridgehead atoms. The molecule has 2 aliphatic heterocycles. The number of carboxylic acid groups (broad SMARTS) is 1. The lowest BCUT2D eigenvalue weighted by molar-refractivity contribution is -0.161. The summed E-state index contributed by atoms with van der Waals surface area (Å²) in [5.74, 6) is -2.00. The van der Waals surface area contributed by atoms with Gasteiger partial charge in [-0.3, -0.25) is 9.59 Å². The first-order valence-electron chi connectivity index (χ1n) is 9.91. The lowest BCUT2D eigenvalue weighted by atomic mass is 9.90. The standard InChI is InChI=1S/C23H24N2O4S/c1-23(2)18(22(28)29)25-20(27)17(21(25)30-23)24-19(26)16(15-11-7-4-8-12-15)13-14-9-5-3-6-10-14/h3-12,16-18,21H,13H2,1-2H3,(H,24,26)(H,28,29)/t16?,17-,18+,21-/m1/s1. The fraction of sp³-hybridized carbons (Fsp3) is 0.348. The van der Waals surface area contributed by atoms with Gasteiger partial charge >= 0.3 is 5.97 Å². The van der Waals surface area contributed by atoms with E-state index < -0.39 is 28.7 Å². The lowest BCUT2D eigenvalue weighted by Crippen LogP contribution is -2.70. The molecule has 2 aliphatic rings. The van der Waals surface area contributed by atoms with Crippen molar-refractivity contribution < 1.29 is 19.5 Å². The second-order valence-corrected chi connectivity index (χ2v) is 10.0. The monoisotopic (exact) mass is 424 g/mol. The second kappa shape index (κ2) is 7.80. The maximum Gasteiger partial charge on any atom is 0.327 e. The Morgan fingerprint density at radius 2 is 1.70 bits per heavy atom. The molecule has 0 aliphatic carbocycles. The number of carbonyl (C=O) groups is 3. The minimum atomic E-state index is -1.01. The van der Waals surface area contributed by atoms with Crippen LogP contribution in [0.5, 0.6) is 0 Å². The number of carbonyl (C=O) groups excluding carboxylic acids is 2. The third-order valence-electron chi connectivity index (χ3n) is 5.77. The predicted molar refractivity (Wildman–Crippen MR) is 115 cm³/mol. The van der Waals surface area contributed by atoms with E-state index in [-0.39, 0.29) is 17.2 Å². The first-order chi connectivity index (χ1) is 14.3. The number of hydrogen-bond acceptors (Lipinski definition) is 4. The SMILES string of the molecule is CC1(C)S[C@@H]2[C@H](NC(=O)C(Cc3ccccc3)c3ccccc3)C(=O)N2[C@H]1C(=O)O. The van der Waals surface area contributed by atoms with Crippen molar-refractivity contribution >= 4 is 29.5 Å². The lowest BCUT2D eigenvalue weighted by Gasteiger charge is -2.44. The van der Waals surface area contributed by atoms with Crippen LogP contribution < -0.4 is 5.32 Å². The number of rotatable bonds is 6. The molecule has 30 heavy (non-hydrogen) atoms. The van der Waals surface area contributed by atoms with Gasteiger partial charge in [0.1, 0.15) is 17.5 Å². The molecule has 2 heterocycles. The number of fused-ring (bicyclic) bond motifs is 1. The normalized spacial score (nSPS) is 25.2. The molecule has 0 saturated carbocycles. The Bertz CT molecular complexity index is 964. The van der Waals surface area contributed by atoms with E-state index >= 15 is 0 Å². The predicted octanol–water partition coefficient (Wildman–Crippen LogP) is 2.64. The Labute approximate surface area is 179 Å². The minimum Gasteiger partial charge on any atom is -0.480 e. The van der Waals surface area contributed by atoms with Crippen molar-refractivity contribution in [3.8, 4) is 0 Å². The van der Waals surface area contributed by atoms with Crippen molar-refractivity contribution in [3.63, 3.8) is 0 Å². The van der Waals surface area contributed by atoms with E-state index in [1.165, 1.54) is 16.7 Å². The van der Waals surface area contributed by atoms with Gasteiger partial charge in [0.25, 0.3) is 0 Å². The van der Waals surface area contributed by atoms with Crippen LogP contribution in [0.2, 0.25) is 0 Å². The molecule has 0 radical (unpaired) electrons. The van der Waals surface area contributed by atoms with Gasteiger partial charge in [-0.05, 0) is 31.4 Å². The molecule has 2 amide bonds. The van der Waals surface area contributed by atoms with E-state index in [1.54, 1.807) is 0 Å². The third-order valence-corrected chi connectivity index (χ3v) is 7.35. The zero-order chi connectivity index (χ0) is 21.5. The molecule has 2 aromatic rings. The third kappa shape index (κ3) is 3.58.